The fourth-order valence-electron chi connectivity index (χ4n) is 1.88. The summed E-state index contributed by atoms with van der Waals surface area (Å²) in [5, 5.41) is 3.28. The van der Waals surface area contributed by atoms with Crippen LogP contribution in [0.25, 0.3) is 0 Å². The fourth-order valence-corrected chi connectivity index (χ4v) is 1.88. The summed E-state index contributed by atoms with van der Waals surface area (Å²) in [7, 11) is 1.94. The zero-order chi connectivity index (χ0) is 11.5. The highest BCUT2D eigenvalue weighted by Crippen LogP contribution is 2.23. The van der Waals surface area contributed by atoms with Gasteiger partial charge in [0.15, 0.2) is 0 Å². The van der Waals surface area contributed by atoms with Gasteiger partial charge in [0.1, 0.15) is 5.76 Å². The third-order valence-electron chi connectivity index (χ3n) is 2.60. The summed E-state index contributed by atoms with van der Waals surface area (Å²) in [6, 6.07) is 4.32. The standard InChI is InChI=1S/C13H16N2O/c1-9-4-11(7-15-6-9)13(14-3)12-5-10(2)16-8-12/h4-8,13-14H,1-3H3. The van der Waals surface area contributed by atoms with Gasteiger partial charge in [-0.3, -0.25) is 4.98 Å². The van der Waals surface area contributed by atoms with Gasteiger partial charge < -0.3 is 9.73 Å². The Morgan fingerprint density at radius 1 is 1.19 bits per heavy atom. The second kappa shape index (κ2) is 4.49. The normalized spacial score (nSPS) is 12.7. The maximum absolute atomic E-state index is 5.34. The largest absolute Gasteiger partial charge is 0.469 e. The van der Waals surface area contributed by atoms with Crippen molar-refractivity contribution in [1.82, 2.24) is 10.3 Å². The molecule has 1 N–H and O–H groups in total. The molecule has 0 bridgehead atoms. The van der Waals surface area contributed by atoms with Crippen molar-refractivity contribution < 1.29 is 4.42 Å². The van der Waals surface area contributed by atoms with Crippen molar-refractivity contribution in [3.05, 3.63) is 53.2 Å². The lowest BCUT2D eigenvalue weighted by molar-refractivity contribution is 0.527. The van der Waals surface area contributed by atoms with Crippen LogP contribution < -0.4 is 5.32 Å². The molecule has 0 aliphatic rings. The summed E-state index contributed by atoms with van der Waals surface area (Å²) >= 11 is 0. The van der Waals surface area contributed by atoms with Gasteiger partial charge in [-0.1, -0.05) is 6.07 Å². The van der Waals surface area contributed by atoms with Crippen molar-refractivity contribution in [1.29, 1.82) is 0 Å². The van der Waals surface area contributed by atoms with Gasteiger partial charge >= 0.3 is 0 Å². The predicted octanol–water partition coefficient (Wildman–Crippen LogP) is 2.60. The van der Waals surface area contributed by atoms with Crippen molar-refractivity contribution in [2.45, 2.75) is 19.9 Å². The quantitative estimate of drug-likeness (QED) is 0.857. The average Bonchev–Trinajstić information content (AvgIpc) is 2.66. The minimum absolute atomic E-state index is 0.143. The number of rotatable bonds is 3. The van der Waals surface area contributed by atoms with E-state index >= 15 is 0 Å². The molecule has 1 unspecified atom stereocenters. The lowest BCUT2D eigenvalue weighted by Gasteiger charge is -2.14. The molecule has 84 valence electrons. The fraction of sp³-hybridized carbons (Fsp3) is 0.308. The zero-order valence-corrected chi connectivity index (χ0v) is 9.82. The van der Waals surface area contributed by atoms with Crippen LogP contribution in [-0.2, 0) is 0 Å². The number of nitrogens with zero attached hydrogens (tertiary/aromatic N) is 1. The van der Waals surface area contributed by atoms with E-state index in [1.54, 1.807) is 6.26 Å². The first kappa shape index (κ1) is 10.9. The maximum Gasteiger partial charge on any atom is 0.101 e. The summed E-state index contributed by atoms with van der Waals surface area (Å²) in [6.07, 6.45) is 5.53. The molecule has 2 heterocycles. The molecule has 0 saturated carbocycles. The first-order chi connectivity index (χ1) is 7.70. The van der Waals surface area contributed by atoms with Gasteiger partial charge in [-0.05, 0) is 38.1 Å². The van der Waals surface area contributed by atoms with Crippen LogP contribution in [0, 0.1) is 13.8 Å². The van der Waals surface area contributed by atoms with E-state index in [0.717, 1.165) is 22.5 Å². The van der Waals surface area contributed by atoms with Crippen LogP contribution in [-0.4, -0.2) is 12.0 Å². The van der Waals surface area contributed by atoms with Crippen molar-refractivity contribution >= 4 is 0 Å². The van der Waals surface area contributed by atoms with E-state index in [9.17, 15) is 0 Å². The molecule has 3 nitrogen and oxygen atoms in total. The summed E-state index contributed by atoms with van der Waals surface area (Å²) < 4.78 is 5.34. The van der Waals surface area contributed by atoms with Crippen molar-refractivity contribution in [3.63, 3.8) is 0 Å². The molecule has 1 atom stereocenters. The number of furan rings is 1. The second-order valence-corrected chi connectivity index (χ2v) is 4.01. The molecule has 2 aromatic heterocycles. The molecule has 2 aromatic rings. The van der Waals surface area contributed by atoms with Crippen LogP contribution in [0.15, 0.2) is 35.2 Å². The van der Waals surface area contributed by atoms with Crippen LogP contribution in [0.1, 0.15) is 28.5 Å². The number of aromatic nitrogens is 1. The molecule has 0 fully saturated rings. The molecule has 2 rings (SSSR count). The molecular formula is C13H16N2O. The summed E-state index contributed by atoms with van der Waals surface area (Å²) in [6.45, 7) is 3.99. The molecule has 0 aliphatic heterocycles. The van der Waals surface area contributed by atoms with Gasteiger partial charge in [-0.25, -0.2) is 0 Å². The average molecular weight is 216 g/mol. The highest BCUT2D eigenvalue weighted by atomic mass is 16.3. The van der Waals surface area contributed by atoms with Crippen LogP contribution in [0.3, 0.4) is 0 Å². The lowest BCUT2D eigenvalue weighted by Crippen LogP contribution is -2.17. The number of nitrogens with one attached hydrogen (secondary N) is 1. The Morgan fingerprint density at radius 3 is 2.56 bits per heavy atom. The monoisotopic (exact) mass is 216 g/mol. The Kier molecular flexibility index (Phi) is 3.06. The lowest BCUT2D eigenvalue weighted by atomic mass is 10.0. The summed E-state index contributed by atoms with van der Waals surface area (Å²) in [5.74, 6) is 0.927. The molecule has 0 radical (unpaired) electrons. The Hall–Kier alpha value is -1.61. The second-order valence-electron chi connectivity index (χ2n) is 4.01. The summed E-state index contributed by atoms with van der Waals surface area (Å²) in [5.41, 5.74) is 3.45. The molecule has 3 heteroatoms. The van der Waals surface area contributed by atoms with Crippen LogP contribution >= 0.6 is 0 Å². The Bertz CT molecular complexity index is 476. The van der Waals surface area contributed by atoms with E-state index in [2.05, 4.69) is 16.4 Å². The molecule has 0 aromatic carbocycles. The van der Waals surface area contributed by atoms with Gasteiger partial charge in [0.2, 0.25) is 0 Å². The van der Waals surface area contributed by atoms with E-state index < -0.39 is 0 Å². The zero-order valence-electron chi connectivity index (χ0n) is 9.82. The number of aryl methyl sites for hydroxylation is 2. The highest BCUT2D eigenvalue weighted by molar-refractivity contribution is 5.30. The predicted molar refractivity (Wildman–Crippen MR) is 63.3 cm³/mol. The van der Waals surface area contributed by atoms with E-state index in [1.807, 2.05) is 39.4 Å². The van der Waals surface area contributed by atoms with Crippen molar-refractivity contribution in [2.24, 2.45) is 0 Å². The van der Waals surface area contributed by atoms with Gasteiger partial charge in [-0.15, -0.1) is 0 Å². The molecular weight excluding hydrogens is 200 g/mol. The SMILES string of the molecule is CNC(c1cncc(C)c1)c1coc(C)c1. The van der Waals surface area contributed by atoms with Gasteiger partial charge in [-0.2, -0.15) is 0 Å². The molecule has 0 saturated heterocycles. The summed E-state index contributed by atoms with van der Waals surface area (Å²) in [4.78, 5) is 4.21. The smallest absolute Gasteiger partial charge is 0.101 e. The Morgan fingerprint density at radius 2 is 2.00 bits per heavy atom. The molecule has 0 spiro atoms. The maximum atomic E-state index is 5.34. The minimum Gasteiger partial charge on any atom is -0.469 e. The van der Waals surface area contributed by atoms with Crippen molar-refractivity contribution in [2.75, 3.05) is 7.05 Å². The Labute approximate surface area is 95.5 Å². The highest BCUT2D eigenvalue weighted by Gasteiger charge is 2.14. The van der Waals surface area contributed by atoms with E-state index in [4.69, 9.17) is 4.42 Å². The molecule has 0 aliphatic carbocycles. The van der Waals surface area contributed by atoms with Crippen molar-refractivity contribution in [3.8, 4) is 0 Å². The molecule has 16 heavy (non-hydrogen) atoms. The van der Waals surface area contributed by atoms with Crippen LogP contribution in [0.2, 0.25) is 0 Å². The topological polar surface area (TPSA) is 38.1 Å². The van der Waals surface area contributed by atoms with Gasteiger partial charge in [0, 0.05) is 18.0 Å². The first-order valence-electron chi connectivity index (χ1n) is 5.34. The van der Waals surface area contributed by atoms with E-state index in [0.29, 0.717) is 0 Å². The Balaban J connectivity index is 2.36. The van der Waals surface area contributed by atoms with Gasteiger partial charge in [0.25, 0.3) is 0 Å². The minimum atomic E-state index is 0.143. The third kappa shape index (κ3) is 2.14. The molecule has 0 amide bonds. The number of hydrogen-bond acceptors (Lipinski definition) is 3. The van der Waals surface area contributed by atoms with Crippen LogP contribution in [0.4, 0.5) is 0 Å². The van der Waals surface area contributed by atoms with Crippen LogP contribution in [0.5, 0.6) is 0 Å². The third-order valence-corrected chi connectivity index (χ3v) is 2.60. The van der Waals surface area contributed by atoms with E-state index in [-0.39, 0.29) is 6.04 Å². The van der Waals surface area contributed by atoms with Gasteiger partial charge in [0.05, 0.1) is 12.3 Å². The number of pyridine rings is 1. The van der Waals surface area contributed by atoms with E-state index in [1.165, 1.54) is 0 Å². The first-order valence-corrected chi connectivity index (χ1v) is 5.34. The number of hydrogen-bond donors (Lipinski definition) is 1.